The maximum absolute atomic E-state index is 11.6. The van der Waals surface area contributed by atoms with Crippen molar-refractivity contribution in [1.29, 1.82) is 0 Å². The first-order valence-corrected chi connectivity index (χ1v) is 5.81. The van der Waals surface area contributed by atoms with Crippen LogP contribution in [-0.2, 0) is 24.0 Å². The highest BCUT2D eigenvalue weighted by Gasteiger charge is 2.33. The van der Waals surface area contributed by atoms with Crippen molar-refractivity contribution in [2.45, 2.75) is 46.5 Å². The van der Waals surface area contributed by atoms with Gasteiger partial charge in [0.1, 0.15) is 5.78 Å². The van der Waals surface area contributed by atoms with Gasteiger partial charge in [0.25, 0.3) is 11.8 Å². The van der Waals surface area contributed by atoms with E-state index in [1.54, 1.807) is 20.8 Å². The quantitative estimate of drug-likeness (QED) is 0.700. The van der Waals surface area contributed by atoms with E-state index >= 15 is 0 Å². The Balaban J connectivity index is 2.41. The molecule has 0 atom stereocenters. The van der Waals surface area contributed by atoms with Crippen molar-refractivity contribution in [2.24, 2.45) is 5.41 Å². The number of ketones is 1. The van der Waals surface area contributed by atoms with Gasteiger partial charge in [-0.05, 0) is 0 Å². The number of carbonyl (C=O) groups excluding carboxylic acids is 4. The Kier molecular flexibility index (Phi) is 4.21. The molecule has 1 aliphatic heterocycles. The van der Waals surface area contributed by atoms with E-state index in [0.717, 1.165) is 0 Å². The van der Waals surface area contributed by atoms with E-state index in [-0.39, 0.29) is 31.5 Å². The summed E-state index contributed by atoms with van der Waals surface area (Å²) in [6, 6.07) is 0. The van der Waals surface area contributed by atoms with E-state index in [4.69, 9.17) is 0 Å². The first-order chi connectivity index (χ1) is 8.21. The lowest BCUT2D eigenvalue weighted by Gasteiger charge is -2.16. The number of hydrogen-bond donors (Lipinski definition) is 0. The summed E-state index contributed by atoms with van der Waals surface area (Å²) in [4.78, 5) is 50.0. The molecule has 1 fully saturated rings. The van der Waals surface area contributed by atoms with Crippen LogP contribution < -0.4 is 0 Å². The third-order valence-corrected chi connectivity index (χ3v) is 2.59. The highest BCUT2D eigenvalue weighted by molar-refractivity contribution is 6.01. The van der Waals surface area contributed by atoms with Crippen molar-refractivity contribution in [3.8, 4) is 0 Å². The van der Waals surface area contributed by atoms with Crippen LogP contribution in [-0.4, -0.2) is 28.6 Å². The molecule has 100 valence electrons. The smallest absolute Gasteiger partial charge is 0.330 e. The van der Waals surface area contributed by atoms with Gasteiger partial charge in [0.2, 0.25) is 0 Å². The Morgan fingerprint density at radius 2 is 1.61 bits per heavy atom. The molecule has 0 spiro atoms. The molecular weight excluding hydrogens is 238 g/mol. The number of hydrogen-bond acceptors (Lipinski definition) is 5. The molecular formula is C12H17NO5. The average molecular weight is 255 g/mol. The summed E-state index contributed by atoms with van der Waals surface area (Å²) in [6.07, 6.45) is 0.0335. The van der Waals surface area contributed by atoms with Gasteiger partial charge in [0.05, 0.1) is 6.42 Å². The van der Waals surface area contributed by atoms with Crippen molar-refractivity contribution < 1.29 is 24.0 Å². The summed E-state index contributed by atoms with van der Waals surface area (Å²) in [5.74, 6) is -1.85. The first-order valence-electron chi connectivity index (χ1n) is 5.81. The normalized spacial score (nSPS) is 16.1. The van der Waals surface area contributed by atoms with Gasteiger partial charge in [0.15, 0.2) is 0 Å². The number of carbonyl (C=O) groups is 4. The third-order valence-electron chi connectivity index (χ3n) is 2.59. The molecule has 0 aromatic rings. The molecule has 0 bridgehead atoms. The number of hydroxylamine groups is 2. The zero-order valence-corrected chi connectivity index (χ0v) is 10.8. The number of amides is 2. The molecule has 0 aromatic heterocycles. The summed E-state index contributed by atoms with van der Waals surface area (Å²) in [5, 5.41) is 0.490. The Bertz CT molecular complexity index is 378. The predicted octanol–water partition coefficient (Wildman–Crippen LogP) is 0.989. The summed E-state index contributed by atoms with van der Waals surface area (Å²) >= 11 is 0. The molecule has 18 heavy (non-hydrogen) atoms. The summed E-state index contributed by atoms with van der Waals surface area (Å²) < 4.78 is 0. The maximum Gasteiger partial charge on any atom is 0.333 e. The predicted molar refractivity (Wildman–Crippen MR) is 60.9 cm³/mol. The van der Waals surface area contributed by atoms with Crippen LogP contribution in [0.3, 0.4) is 0 Å². The number of Topliss-reactive ketones (excluding diaryl/α,β-unsaturated/α-hetero) is 1. The lowest BCUT2D eigenvalue weighted by molar-refractivity contribution is -0.197. The third kappa shape index (κ3) is 3.65. The minimum atomic E-state index is -0.740. The Hall–Kier alpha value is -1.72. The van der Waals surface area contributed by atoms with E-state index in [1.807, 2.05) is 0 Å². The van der Waals surface area contributed by atoms with Crippen LogP contribution in [0.5, 0.6) is 0 Å². The Morgan fingerprint density at radius 3 is 2.06 bits per heavy atom. The van der Waals surface area contributed by atoms with Crippen LogP contribution in [0.4, 0.5) is 0 Å². The van der Waals surface area contributed by atoms with E-state index in [1.165, 1.54) is 0 Å². The SMILES string of the molecule is CC(C)(C)C(=O)CCC(=O)ON1C(=O)CCC1=O. The van der Waals surface area contributed by atoms with Gasteiger partial charge in [0, 0.05) is 24.7 Å². The summed E-state index contributed by atoms with van der Waals surface area (Å²) in [7, 11) is 0. The summed E-state index contributed by atoms with van der Waals surface area (Å²) in [6.45, 7) is 5.27. The molecule has 1 saturated heterocycles. The largest absolute Gasteiger partial charge is 0.333 e. The van der Waals surface area contributed by atoms with E-state index < -0.39 is 23.2 Å². The van der Waals surface area contributed by atoms with Crippen molar-refractivity contribution >= 4 is 23.6 Å². The lowest BCUT2D eigenvalue weighted by atomic mass is 9.88. The number of nitrogens with zero attached hydrogens (tertiary/aromatic N) is 1. The van der Waals surface area contributed by atoms with Crippen LogP contribution in [0.2, 0.25) is 0 Å². The van der Waals surface area contributed by atoms with E-state index in [2.05, 4.69) is 4.84 Å². The van der Waals surface area contributed by atoms with Crippen molar-refractivity contribution in [1.82, 2.24) is 5.06 Å². The standard InChI is InChI=1S/C12H17NO5/c1-12(2,3)8(14)4-7-11(17)18-13-9(15)5-6-10(13)16/h4-7H2,1-3H3. The van der Waals surface area contributed by atoms with Gasteiger partial charge >= 0.3 is 5.97 Å². The van der Waals surface area contributed by atoms with Crippen LogP contribution >= 0.6 is 0 Å². The van der Waals surface area contributed by atoms with Gasteiger partial charge < -0.3 is 4.84 Å². The molecule has 0 aliphatic carbocycles. The number of rotatable bonds is 4. The minimum Gasteiger partial charge on any atom is -0.330 e. The van der Waals surface area contributed by atoms with E-state index in [9.17, 15) is 19.2 Å². The fourth-order valence-electron chi connectivity index (χ4n) is 1.40. The van der Waals surface area contributed by atoms with Gasteiger partial charge in [-0.2, -0.15) is 0 Å². The van der Waals surface area contributed by atoms with Gasteiger partial charge in [-0.1, -0.05) is 20.8 Å². The van der Waals surface area contributed by atoms with Gasteiger partial charge in [-0.25, -0.2) is 4.79 Å². The van der Waals surface area contributed by atoms with Crippen LogP contribution in [0.1, 0.15) is 46.5 Å². The second-order valence-corrected chi connectivity index (χ2v) is 5.22. The maximum atomic E-state index is 11.6. The summed E-state index contributed by atoms with van der Waals surface area (Å²) in [5.41, 5.74) is -0.514. The minimum absolute atomic E-state index is 0.0402. The zero-order chi connectivity index (χ0) is 13.9. The molecule has 2 amide bonds. The molecule has 0 unspecified atom stereocenters. The monoisotopic (exact) mass is 255 g/mol. The second-order valence-electron chi connectivity index (χ2n) is 5.22. The zero-order valence-electron chi connectivity index (χ0n) is 10.8. The number of imide groups is 1. The molecule has 6 nitrogen and oxygen atoms in total. The average Bonchev–Trinajstić information content (AvgIpc) is 2.56. The molecule has 0 saturated carbocycles. The van der Waals surface area contributed by atoms with E-state index in [0.29, 0.717) is 5.06 Å². The molecule has 0 N–H and O–H groups in total. The van der Waals surface area contributed by atoms with Crippen molar-refractivity contribution in [2.75, 3.05) is 0 Å². The highest BCUT2D eigenvalue weighted by Crippen LogP contribution is 2.18. The molecule has 1 heterocycles. The topological polar surface area (TPSA) is 80.8 Å². The highest BCUT2D eigenvalue weighted by atomic mass is 16.7. The van der Waals surface area contributed by atoms with Crippen LogP contribution in [0, 0.1) is 5.41 Å². The molecule has 0 aromatic carbocycles. The molecule has 6 heteroatoms. The van der Waals surface area contributed by atoms with Crippen LogP contribution in [0.15, 0.2) is 0 Å². The molecule has 1 aliphatic rings. The fraction of sp³-hybridized carbons (Fsp3) is 0.667. The van der Waals surface area contributed by atoms with Gasteiger partial charge in [-0.3, -0.25) is 14.4 Å². The molecule has 0 radical (unpaired) electrons. The van der Waals surface area contributed by atoms with Crippen LogP contribution in [0.25, 0.3) is 0 Å². The van der Waals surface area contributed by atoms with Crippen molar-refractivity contribution in [3.05, 3.63) is 0 Å². The first kappa shape index (κ1) is 14.3. The lowest BCUT2D eigenvalue weighted by Crippen LogP contribution is -2.32. The Labute approximate surface area is 105 Å². The Morgan fingerprint density at radius 1 is 1.11 bits per heavy atom. The fourth-order valence-corrected chi connectivity index (χ4v) is 1.40. The second kappa shape index (κ2) is 5.29. The van der Waals surface area contributed by atoms with Gasteiger partial charge in [-0.15, -0.1) is 5.06 Å². The molecule has 1 rings (SSSR count). The van der Waals surface area contributed by atoms with Crippen molar-refractivity contribution in [3.63, 3.8) is 0 Å².